The lowest BCUT2D eigenvalue weighted by Crippen LogP contribution is -2.40. The van der Waals surface area contributed by atoms with Crippen molar-refractivity contribution in [2.45, 2.75) is 6.54 Å². The lowest BCUT2D eigenvalue weighted by Gasteiger charge is -2.13. The van der Waals surface area contributed by atoms with Gasteiger partial charge in [-0.2, -0.15) is 0 Å². The van der Waals surface area contributed by atoms with E-state index in [1.54, 1.807) is 41.8 Å². The summed E-state index contributed by atoms with van der Waals surface area (Å²) in [4.78, 5) is 38.5. The number of hydrogen-bond donors (Lipinski definition) is 1. The van der Waals surface area contributed by atoms with Gasteiger partial charge in [-0.1, -0.05) is 29.8 Å². The largest absolute Gasteiger partial charge is 0.336 e. The Bertz CT molecular complexity index is 1340. The van der Waals surface area contributed by atoms with E-state index in [1.165, 1.54) is 28.0 Å². The minimum absolute atomic E-state index is 0.0997. The summed E-state index contributed by atoms with van der Waals surface area (Å²) < 4.78 is 16.0. The second kappa shape index (κ2) is 7.65. The predicted molar refractivity (Wildman–Crippen MR) is 112 cm³/mol. The smallest absolute Gasteiger partial charge is 0.323 e. The molecular weight excluding hydrogens is 417 g/mol. The molecule has 4 aromatic rings. The Balaban J connectivity index is 1.79. The summed E-state index contributed by atoms with van der Waals surface area (Å²) in [5.74, 6) is -1.13. The number of aromatic nitrogens is 2. The van der Waals surface area contributed by atoms with Gasteiger partial charge in [0.1, 0.15) is 17.1 Å². The Morgan fingerprint density at radius 1 is 1.10 bits per heavy atom. The number of nitrogens with one attached hydrogen (secondary N) is 1. The van der Waals surface area contributed by atoms with E-state index >= 15 is 0 Å². The molecule has 0 saturated carbocycles. The fourth-order valence-electron chi connectivity index (χ4n) is 2.97. The van der Waals surface area contributed by atoms with E-state index in [4.69, 9.17) is 11.6 Å². The number of nitrogens with zero attached hydrogens (tertiary/aromatic N) is 2. The van der Waals surface area contributed by atoms with Crippen LogP contribution in [0, 0.1) is 5.82 Å². The van der Waals surface area contributed by atoms with Crippen molar-refractivity contribution in [1.29, 1.82) is 0 Å². The molecule has 0 saturated heterocycles. The number of fused-ring (bicyclic) bond motifs is 1. The zero-order valence-electron chi connectivity index (χ0n) is 14.8. The zero-order chi connectivity index (χ0) is 20.5. The van der Waals surface area contributed by atoms with Crippen LogP contribution in [0.1, 0.15) is 0 Å². The first-order valence-electron chi connectivity index (χ1n) is 8.49. The molecule has 2 aromatic heterocycles. The van der Waals surface area contributed by atoms with Gasteiger partial charge in [-0.3, -0.25) is 14.2 Å². The van der Waals surface area contributed by atoms with E-state index in [2.05, 4.69) is 5.32 Å². The van der Waals surface area contributed by atoms with Crippen molar-refractivity contribution in [3.8, 4) is 5.69 Å². The topological polar surface area (TPSA) is 73.1 Å². The van der Waals surface area contributed by atoms with Crippen LogP contribution < -0.4 is 16.6 Å². The lowest BCUT2D eigenvalue weighted by molar-refractivity contribution is -0.116. The molecule has 0 aliphatic rings. The van der Waals surface area contributed by atoms with Crippen LogP contribution in [-0.4, -0.2) is 15.0 Å². The highest BCUT2D eigenvalue weighted by molar-refractivity contribution is 7.17. The van der Waals surface area contributed by atoms with Gasteiger partial charge in [0.15, 0.2) is 0 Å². The van der Waals surface area contributed by atoms with Gasteiger partial charge in [-0.15, -0.1) is 11.3 Å². The van der Waals surface area contributed by atoms with Crippen LogP contribution >= 0.6 is 22.9 Å². The summed E-state index contributed by atoms with van der Waals surface area (Å²) in [6.45, 7) is -0.369. The van der Waals surface area contributed by atoms with Crippen LogP contribution in [0.4, 0.5) is 10.1 Å². The van der Waals surface area contributed by atoms with Crippen LogP contribution in [0.3, 0.4) is 0 Å². The number of amides is 1. The average molecular weight is 430 g/mol. The predicted octanol–water partition coefficient (Wildman–Crippen LogP) is 3.65. The maximum atomic E-state index is 13.4. The number of hydrogen-bond acceptors (Lipinski definition) is 4. The number of carbonyl (C=O) groups excluding carboxylic acids is 1. The van der Waals surface area contributed by atoms with Gasteiger partial charge < -0.3 is 5.32 Å². The van der Waals surface area contributed by atoms with Gasteiger partial charge in [-0.25, -0.2) is 13.8 Å². The van der Waals surface area contributed by atoms with Gasteiger partial charge >= 0.3 is 5.69 Å². The monoisotopic (exact) mass is 429 g/mol. The van der Waals surface area contributed by atoms with Crippen LogP contribution in [0.2, 0.25) is 5.02 Å². The molecular formula is C20H13ClFN3O3S. The third kappa shape index (κ3) is 3.59. The Morgan fingerprint density at radius 3 is 2.62 bits per heavy atom. The van der Waals surface area contributed by atoms with Crippen molar-refractivity contribution < 1.29 is 9.18 Å². The highest BCUT2D eigenvalue weighted by atomic mass is 35.5. The average Bonchev–Trinajstić information content (AvgIpc) is 3.19. The number of para-hydroxylation sites is 1. The van der Waals surface area contributed by atoms with Gasteiger partial charge in [0, 0.05) is 0 Å². The Labute approximate surface area is 172 Å². The molecule has 0 unspecified atom stereocenters. The molecule has 146 valence electrons. The van der Waals surface area contributed by atoms with Crippen molar-refractivity contribution in [2.24, 2.45) is 0 Å². The van der Waals surface area contributed by atoms with Crippen LogP contribution in [0.25, 0.3) is 15.9 Å². The minimum Gasteiger partial charge on any atom is -0.323 e. The van der Waals surface area contributed by atoms with Crippen LogP contribution in [0.15, 0.2) is 69.6 Å². The van der Waals surface area contributed by atoms with Crippen molar-refractivity contribution >= 4 is 44.7 Å². The van der Waals surface area contributed by atoms with Gasteiger partial charge in [0.05, 0.1) is 21.9 Å². The second-order valence-electron chi connectivity index (χ2n) is 6.15. The molecule has 6 nitrogen and oxygen atoms in total. The maximum Gasteiger partial charge on any atom is 0.336 e. The summed E-state index contributed by atoms with van der Waals surface area (Å²) in [5, 5.41) is 4.35. The van der Waals surface area contributed by atoms with E-state index < -0.39 is 23.0 Å². The molecule has 0 radical (unpaired) electrons. The number of anilines is 1. The number of benzene rings is 2. The molecule has 0 bridgehead atoms. The van der Waals surface area contributed by atoms with E-state index in [9.17, 15) is 18.8 Å². The summed E-state index contributed by atoms with van der Waals surface area (Å²) in [6.07, 6.45) is 0. The quantitative estimate of drug-likeness (QED) is 0.538. The molecule has 1 amide bonds. The molecule has 0 atom stereocenters. The number of carbonyl (C=O) groups is 1. The van der Waals surface area contributed by atoms with E-state index in [1.807, 2.05) is 0 Å². The molecule has 2 aromatic carbocycles. The molecule has 1 N–H and O–H groups in total. The van der Waals surface area contributed by atoms with Crippen LogP contribution in [-0.2, 0) is 11.3 Å². The SMILES string of the molecule is O=C(Cn1c(=O)n(-c2ccccc2)c(=O)c2sccc21)Nc1cc(F)ccc1Cl. The van der Waals surface area contributed by atoms with Crippen molar-refractivity contribution in [1.82, 2.24) is 9.13 Å². The summed E-state index contributed by atoms with van der Waals surface area (Å²) in [5.41, 5.74) is -0.232. The fraction of sp³-hybridized carbons (Fsp3) is 0.0500. The molecule has 0 aliphatic heterocycles. The minimum atomic E-state index is -0.646. The van der Waals surface area contributed by atoms with E-state index in [0.717, 1.165) is 10.6 Å². The standard InChI is InChI=1S/C20H13ClFN3O3S/c21-14-7-6-12(22)10-15(14)23-17(26)11-24-16-8-9-29-18(16)19(27)25(20(24)28)13-4-2-1-3-5-13/h1-10H,11H2,(H,23,26). The van der Waals surface area contributed by atoms with Crippen LogP contribution in [0.5, 0.6) is 0 Å². The number of rotatable bonds is 4. The van der Waals surface area contributed by atoms with Gasteiger partial charge in [-0.05, 0) is 41.8 Å². The highest BCUT2D eigenvalue weighted by Crippen LogP contribution is 2.22. The first-order chi connectivity index (χ1) is 14.0. The molecule has 2 heterocycles. The Morgan fingerprint density at radius 2 is 1.86 bits per heavy atom. The second-order valence-corrected chi connectivity index (χ2v) is 7.48. The molecule has 0 spiro atoms. The summed E-state index contributed by atoms with van der Waals surface area (Å²) in [7, 11) is 0. The number of thiophene rings is 1. The fourth-order valence-corrected chi connectivity index (χ4v) is 3.96. The third-order valence-corrected chi connectivity index (χ3v) is 5.49. The highest BCUT2D eigenvalue weighted by Gasteiger charge is 2.18. The molecule has 0 aliphatic carbocycles. The summed E-state index contributed by atoms with van der Waals surface area (Å²) >= 11 is 7.17. The third-order valence-electron chi connectivity index (χ3n) is 4.27. The summed E-state index contributed by atoms with van der Waals surface area (Å²) in [6, 6.07) is 13.7. The Kier molecular flexibility index (Phi) is 5.04. The van der Waals surface area contributed by atoms with E-state index in [0.29, 0.717) is 15.9 Å². The molecule has 0 fully saturated rings. The normalized spacial score (nSPS) is 11.0. The number of halogens is 2. The molecule has 9 heteroatoms. The van der Waals surface area contributed by atoms with Crippen molar-refractivity contribution in [3.05, 3.63) is 91.7 Å². The molecule has 29 heavy (non-hydrogen) atoms. The molecule has 4 rings (SSSR count). The van der Waals surface area contributed by atoms with Crippen molar-refractivity contribution in [2.75, 3.05) is 5.32 Å². The van der Waals surface area contributed by atoms with Gasteiger partial charge in [0.25, 0.3) is 5.56 Å². The Hall–Kier alpha value is -3.23. The lowest BCUT2D eigenvalue weighted by atomic mass is 10.3. The first kappa shape index (κ1) is 19.1. The first-order valence-corrected chi connectivity index (χ1v) is 9.75. The zero-order valence-corrected chi connectivity index (χ0v) is 16.3. The van der Waals surface area contributed by atoms with E-state index in [-0.39, 0.29) is 17.3 Å². The maximum absolute atomic E-state index is 13.4. The van der Waals surface area contributed by atoms with Gasteiger partial charge in [0.2, 0.25) is 5.91 Å². The van der Waals surface area contributed by atoms with Crippen molar-refractivity contribution in [3.63, 3.8) is 0 Å².